The molecular formula is C31H27NO4S3. The highest BCUT2D eigenvalue weighted by atomic mass is 32.2. The molecule has 198 valence electrons. The van der Waals surface area contributed by atoms with Crippen molar-refractivity contribution in [3.63, 3.8) is 0 Å². The van der Waals surface area contributed by atoms with Crippen molar-refractivity contribution in [3.8, 4) is 5.75 Å². The van der Waals surface area contributed by atoms with E-state index >= 15 is 0 Å². The lowest BCUT2D eigenvalue weighted by Crippen LogP contribution is -2.56. The zero-order chi connectivity index (χ0) is 27.7. The van der Waals surface area contributed by atoms with Crippen LogP contribution >= 0.6 is 35.7 Å². The smallest absolute Gasteiger partial charge is 0.345 e. The third kappa shape index (κ3) is 4.93. The lowest BCUT2D eigenvalue weighted by Gasteiger charge is -2.45. The standard InChI is InChI=1S/C31H27NO4S3/c1-5-36-21-16-17-22-23(18-21)32(28(33)20-14-10-7-11-15-20)31(2,3)27(37)24(22)30-38-25(19-12-8-6-9-13-19)26(39-30)29(34)35-4/h6-18H,5H2,1-4H3/b30-24+. The van der Waals surface area contributed by atoms with Gasteiger partial charge in [-0.25, -0.2) is 4.79 Å². The van der Waals surface area contributed by atoms with Gasteiger partial charge < -0.3 is 9.47 Å². The molecule has 2 heterocycles. The van der Waals surface area contributed by atoms with Crippen LogP contribution in [0.5, 0.6) is 5.75 Å². The molecule has 0 atom stereocenters. The fourth-order valence-electron chi connectivity index (χ4n) is 4.68. The van der Waals surface area contributed by atoms with Crippen molar-refractivity contribution in [2.24, 2.45) is 0 Å². The second-order valence-electron chi connectivity index (χ2n) is 9.39. The Kier molecular flexibility index (Phi) is 7.71. The fraction of sp³-hybridized carbons (Fsp3) is 0.194. The number of anilines is 1. The molecule has 0 unspecified atom stereocenters. The number of amides is 1. The SMILES string of the molecule is CCOc1ccc2c(c1)N(C(=O)c1ccccc1)C(C)(C)C(=S)/C2=C1/SC(C(=O)OC)=C(c2ccccc2)S1. The average Bonchev–Trinajstić information content (AvgIpc) is 3.39. The Bertz CT molecular complexity index is 1530. The van der Waals surface area contributed by atoms with E-state index in [1.54, 1.807) is 4.90 Å². The van der Waals surface area contributed by atoms with Gasteiger partial charge in [-0.05, 0) is 50.6 Å². The molecule has 0 N–H and O–H groups in total. The number of rotatable bonds is 5. The number of ether oxygens (including phenoxy) is 2. The summed E-state index contributed by atoms with van der Waals surface area (Å²) < 4.78 is 11.9. The van der Waals surface area contributed by atoms with Crippen molar-refractivity contribution in [2.45, 2.75) is 26.3 Å². The van der Waals surface area contributed by atoms with Gasteiger partial charge in [0.05, 0.1) is 34.0 Å². The Balaban J connectivity index is 1.70. The maximum Gasteiger partial charge on any atom is 0.345 e. The molecule has 3 aromatic carbocycles. The van der Waals surface area contributed by atoms with Crippen LogP contribution in [0.2, 0.25) is 0 Å². The summed E-state index contributed by atoms with van der Waals surface area (Å²) in [6.45, 7) is 6.35. The van der Waals surface area contributed by atoms with Crippen LogP contribution in [0.4, 0.5) is 5.69 Å². The highest BCUT2D eigenvalue weighted by molar-refractivity contribution is 8.32. The molecule has 1 amide bonds. The summed E-state index contributed by atoms with van der Waals surface area (Å²) >= 11 is 9.03. The third-order valence-electron chi connectivity index (χ3n) is 6.56. The molecule has 0 aliphatic carbocycles. The number of hydrogen-bond acceptors (Lipinski definition) is 7. The van der Waals surface area contributed by atoms with E-state index in [0.29, 0.717) is 33.4 Å². The van der Waals surface area contributed by atoms with Gasteiger partial charge in [-0.2, -0.15) is 0 Å². The predicted molar refractivity (Wildman–Crippen MR) is 165 cm³/mol. The summed E-state index contributed by atoms with van der Waals surface area (Å²) in [6.07, 6.45) is 0. The van der Waals surface area contributed by atoms with Crippen molar-refractivity contribution in [3.05, 3.63) is 105 Å². The van der Waals surface area contributed by atoms with Gasteiger partial charge in [-0.15, -0.1) is 0 Å². The first-order chi connectivity index (χ1) is 18.8. The monoisotopic (exact) mass is 573 g/mol. The van der Waals surface area contributed by atoms with E-state index in [0.717, 1.165) is 25.8 Å². The highest BCUT2D eigenvalue weighted by Crippen LogP contribution is 2.58. The van der Waals surface area contributed by atoms with Crippen molar-refractivity contribution in [2.75, 3.05) is 18.6 Å². The molecule has 2 aliphatic rings. The number of nitrogens with zero attached hydrogens (tertiary/aromatic N) is 1. The first kappa shape index (κ1) is 27.2. The molecule has 3 aromatic rings. The molecule has 5 nitrogen and oxygen atoms in total. The predicted octanol–water partition coefficient (Wildman–Crippen LogP) is 7.58. The van der Waals surface area contributed by atoms with E-state index in [2.05, 4.69) is 0 Å². The quantitative estimate of drug-likeness (QED) is 0.177. The Hall–Kier alpha value is -3.33. The largest absolute Gasteiger partial charge is 0.494 e. The van der Waals surface area contributed by atoms with Crippen LogP contribution in [0.3, 0.4) is 0 Å². The summed E-state index contributed by atoms with van der Waals surface area (Å²) in [7, 11) is 1.39. The third-order valence-corrected chi connectivity index (χ3v) is 9.89. The second kappa shape index (κ2) is 11.0. The Morgan fingerprint density at radius 1 is 0.949 bits per heavy atom. The number of carbonyl (C=O) groups is 2. The molecule has 0 saturated carbocycles. The Morgan fingerprint density at radius 3 is 2.26 bits per heavy atom. The number of esters is 1. The minimum absolute atomic E-state index is 0.146. The van der Waals surface area contributed by atoms with Crippen molar-refractivity contribution < 1.29 is 19.1 Å². The van der Waals surface area contributed by atoms with Gasteiger partial charge in [0.1, 0.15) is 10.7 Å². The first-order valence-electron chi connectivity index (χ1n) is 12.5. The van der Waals surface area contributed by atoms with Crippen LogP contribution in [0.1, 0.15) is 42.3 Å². The number of benzene rings is 3. The number of thioether (sulfide) groups is 2. The summed E-state index contributed by atoms with van der Waals surface area (Å²) in [5.74, 6) is 0.128. The Morgan fingerprint density at radius 2 is 1.62 bits per heavy atom. The maximum absolute atomic E-state index is 14.0. The maximum atomic E-state index is 14.0. The lowest BCUT2D eigenvalue weighted by molar-refractivity contribution is -0.135. The van der Waals surface area contributed by atoms with Gasteiger partial charge in [-0.1, -0.05) is 84.3 Å². The number of thiocarbonyl (C=S) groups is 1. The van der Waals surface area contributed by atoms with E-state index < -0.39 is 11.5 Å². The number of methoxy groups -OCH3 is 1. The molecule has 0 bridgehead atoms. The van der Waals surface area contributed by atoms with Crippen LogP contribution in [0.15, 0.2) is 88.0 Å². The van der Waals surface area contributed by atoms with Gasteiger partial charge in [0.15, 0.2) is 0 Å². The molecule has 0 saturated heterocycles. The van der Waals surface area contributed by atoms with Crippen LogP contribution in [0, 0.1) is 0 Å². The highest BCUT2D eigenvalue weighted by Gasteiger charge is 2.46. The zero-order valence-electron chi connectivity index (χ0n) is 22.0. The lowest BCUT2D eigenvalue weighted by atomic mass is 9.82. The summed E-state index contributed by atoms with van der Waals surface area (Å²) in [5, 5.41) is 0. The molecule has 8 heteroatoms. The zero-order valence-corrected chi connectivity index (χ0v) is 24.5. The molecule has 0 aromatic heterocycles. The molecule has 0 spiro atoms. The van der Waals surface area contributed by atoms with Gasteiger partial charge in [0.2, 0.25) is 0 Å². The number of carbonyl (C=O) groups excluding carboxylic acids is 2. The minimum atomic E-state index is -0.843. The van der Waals surface area contributed by atoms with Crippen LogP contribution in [0.25, 0.3) is 10.5 Å². The molecule has 0 fully saturated rings. The Labute approximate surface area is 242 Å². The van der Waals surface area contributed by atoms with Gasteiger partial charge in [-0.3, -0.25) is 9.69 Å². The van der Waals surface area contributed by atoms with Crippen molar-refractivity contribution in [1.82, 2.24) is 0 Å². The molecule has 5 rings (SSSR count). The summed E-state index contributed by atoms with van der Waals surface area (Å²) in [6, 6.07) is 24.7. The van der Waals surface area contributed by atoms with Gasteiger partial charge in [0.25, 0.3) is 5.91 Å². The second-order valence-corrected chi connectivity index (χ2v) is 12.1. The van der Waals surface area contributed by atoms with Gasteiger partial charge >= 0.3 is 5.97 Å². The van der Waals surface area contributed by atoms with Crippen molar-refractivity contribution >= 4 is 68.6 Å². The van der Waals surface area contributed by atoms with Gasteiger partial charge in [0, 0.05) is 27.7 Å². The normalized spacial score (nSPS) is 18.2. The number of fused-ring (bicyclic) bond motifs is 1. The molecule has 2 aliphatic heterocycles. The summed E-state index contributed by atoms with van der Waals surface area (Å²) in [5.41, 5.74) is 3.03. The van der Waals surface area contributed by atoms with E-state index in [1.807, 2.05) is 99.6 Å². The van der Waals surface area contributed by atoms with Crippen LogP contribution < -0.4 is 9.64 Å². The molecular weight excluding hydrogens is 547 g/mol. The molecule has 0 radical (unpaired) electrons. The van der Waals surface area contributed by atoms with Crippen LogP contribution in [-0.4, -0.2) is 36.0 Å². The first-order valence-corrected chi connectivity index (χ1v) is 14.5. The summed E-state index contributed by atoms with van der Waals surface area (Å²) in [4.78, 5) is 30.6. The van der Waals surface area contributed by atoms with E-state index in [9.17, 15) is 9.59 Å². The fourth-order valence-corrected chi connectivity index (χ4v) is 7.83. The average molecular weight is 574 g/mol. The van der Waals surface area contributed by atoms with E-state index in [1.165, 1.54) is 30.6 Å². The van der Waals surface area contributed by atoms with E-state index in [-0.39, 0.29) is 5.91 Å². The van der Waals surface area contributed by atoms with E-state index in [4.69, 9.17) is 21.7 Å². The number of hydrogen-bond donors (Lipinski definition) is 0. The molecule has 39 heavy (non-hydrogen) atoms. The minimum Gasteiger partial charge on any atom is -0.494 e. The van der Waals surface area contributed by atoms with Crippen LogP contribution in [-0.2, 0) is 9.53 Å². The topological polar surface area (TPSA) is 55.8 Å². The van der Waals surface area contributed by atoms with Crippen molar-refractivity contribution in [1.29, 1.82) is 0 Å².